The van der Waals surface area contributed by atoms with E-state index in [-0.39, 0.29) is 30.1 Å². The minimum absolute atomic E-state index is 0.0797. The summed E-state index contributed by atoms with van der Waals surface area (Å²) in [5.74, 6) is -0.739. The van der Waals surface area contributed by atoms with Crippen molar-refractivity contribution in [2.75, 3.05) is 6.54 Å². The van der Waals surface area contributed by atoms with Crippen molar-refractivity contribution in [3.8, 4) is 11.4 Å². The molecule has 0 radical (unpaired) electrons. The van der Waals surface area contributed by atoms with Crippen LogP contribution in [0.3, 0.4) is 0 Å². The van der Waals surface area contributed by atoms with Crippen molar-refractivity contribution >= 4 is 16.9 Å². The molecule has 0 spiro atoms. The number of hydrogen-bond acceptors (Lipinski definition) is 6. The number of carbonyl (C=O) groups is 1. The summed E-state index contributed by atoms with van der Waals surface area (Å²) in [6.07, 6.45) is 1.71. The second-order valence-electron chi connectivity index (χ2n) is 10.6. The first-order valence-electron chi connectivity index (χ1n) is 13.2. The van der Waals surface area contributed by atoms with E-state index >= 15 is 0 Å². The molecule has 2 aromatic heterocycles. The van der Waals surface area contributed by atoms with Crippen molar-refractivity contribution in [1.82, 2.24) is 14.9 Å². The summed E-state index contributed by atoms with van der Waals surface area (Å²) < 4.78 is 28.4. The molecule has 1 aromatic carbocycles. The quantitative estimate of drug-likeness (QED) is 0.401. The zero-order valence-electron chi connectivity index (χ0n) is 22.0. The largest absolute Gasteiger partial charge is 0.458 e. The van der Waals surface area contributed by atoms with Crippen LogP contribution in [0.4, 0.5) is 4.39 Å². The monoisotopic (exact) mass is 505 g/mol. The summed E-state index contributed by atoms with van der Waals surface area (Å²) in [6.45, 7) is 10.6. The van der Waals surface area contributed by atoms with Crippen molar-refractivity contribution in [3.05, 3.63) is 61.7 Å². The zero-order chi connectivity index (χ0) is 26.2. The van der Waals surface area contributed by atoms with Crippen LogP contribution in [0.25, 0.3) is 22.3 Å². The fraction of sp³-hybridized carbons (Fsp3) is 0.483. The van der Waals surface area contributed by atoms with E-state index in [4.69, 9.17) is 14.5 Å². The van der Waals surface area contributed by atoms with Crippen LogP contribution in [0.1, 0.15) is 80.0 Å². The number of nitrogens with zero attached hydrogens (tertiary/aromatic N) is 2. The third kappa shape index (κ3) is 3.28. The Bertz CT molecular complexity index is 1540. The average Bonchev–Trinajstić information content (AvgIpc) is 3.23. The summed E-state index contributed by atoms with van der Waals surface area (Å²) in [7, 11) is 0. The highest BCUT2D eigenvalue weighted by atomic mass is 19.1. The van der Waals surface area contributed by atoms with Gasteiger partial charge in [0.25, 0.3) is 5.56 Å². The van der Waals surface area contributed by atoms with E-state index in [1.807, 2.05) is 33.8 Å². The molecule has 0 amide bonds. The molecule has 8 heteroatoms. The fourth-order valence-electron chi connectivity index (χ4n) is 6.59. The lowest BCUT2D eigenvalue weighted by molar-refractivity contribution is -0.187. The highest BCUT2D eigenvalue weighted by Crippen LogP contribution is 2.46. The van der Waals surface area contributed by atoms with E-state index in [0.29, 0.717) is 46.6 Å². The number of carbonyl (C=O) groups excluding carboxylic acids is 1. The van der Waals surface area contributed by atoms with Gasteiger partial charge in [-0.2, -0.15) is 0 Å². The van der Waals surface area contributed by atoms with Crippen LogP contribution >= 0.6 is 0 Å². The zero-order valence-corrected chi connectivity index (χ0v) is 22.0. The number of benzene rings is 1. The topological polar surface area (TPSA) is 82.5 Å². The van der Waals surface area contributed by atoms with E-state index in [1.54, 1.807) is 4.57 Å². The maximum Gasteiger partial charge on any atom is 0.343 e. The SMILES string of the molecule is CCN[C@H]1CCc2c(C)c(F)cc3nc4c(c1c23)Cn1c-4cc2c(c1=O)COC(=O)[C@@]2(CC)OC(C)C. The molecule has 3 aromatic rings. The van der Waals surface area contributed by atoms with Crippen LogP contribution in [-0.4, -0.2) is 28.2 Å². The maximum absolute atomic E-state index is 15.0. The standard InChI is InChI=1S/C29H32FN3O4/c1-6-29(37-14(3)4)19-10-23-26-17(12-33(23)27(34)18(19)13-36-28(29)35)25-21(31-7-2)9-8-16-15(5)20(30)11-22(32-26)24(16)25/h10-11,14,21,31H,6-9,12-13H2,1-5H3/t21-,29-/m0/s1. The lowest BCUT2D eigenvalue weighted by Crippen LogP contribution is -2.47. The Morgan fingerprint density at radius 3 is 2.73 bits per heavy atom. The Morgan fingerprint density at radius 2 is 2.03 bits per heavy atom. The van der Waals surface area contributed by atoms with Crippen molar-refractivity contribution < 1.29 is 18.7 Å². The van der Waals surface area contributed by atoms with Crippen molar-refractivity contribution in [2.45, 2.75) is 84.8 Å². The Morgan fingerprint density at radius 1 is 1.24 bits per heavy atom. The first-order valence-corrected chi connectivity index (χ1v) is 13.2. The molecule has 4 heterocycles. The minimum Gasteiger partial charge on any atom is -0.458 e. The van der Waals surface area contributed by atoms with Gasteiger partial charge in [-0.3, -0.25) is 4.79 Å². The predicted molar refractivity (Wildman–Crippen MR) is 138 cm³/mol. The fourth-order valence-corrected chi connectivity index (χ4v) is 6.59. The van der Waals surface area contributed by atoms with E-state index in [2.05, 4.69) is 12.2 Å². The number of hydrogen-bond donors (Lipinski definition) is 1. The van der Waals surface area contributed by atoms with Gasteiger partial charge in [0.15, 0.2) is 5.60 Å². The van der Waals surface area contributed by atoms with Gasteiger partial charge in [0, 0.05) is 28.6 Å². The summed E-state index contributed by atoms with van der Waals surface area (Å²) in [4.78, 5) is 31.9. The molecule has 1 N–H and O–H groups in total. The second kappa shape index (κ2) is 8.46. The number of nitrogens with one attached hydrogen (secondary N) is 1. The van der Waals surface area contributed by atoms with E-state index in [1.165, 1.54) is 6.07 Å². The van der Waals surface area contributed by atoms with Gasteiger partial charge in [0.05, 0.1) is 35.1 Å². The van der Waals surface area contributed by atoms with Crippen LogP contribution in [0, 0.1) is 12.7 Å². The van der Waals surface area contributed by atoms with E-state index in [0.717, 1.165) is 41.5 Å². The highest BCUT2D eigenvalue weighted by molar-refractivity contribution is 5.93. The molecule has 0 saturated carbocycles. The predicted octanol–water partition coefficient (Wildman–Crippen LogP) is 4.56. The molecule has 0 saturated heterocycles. The smallest absolute Gasteiger partial charge is 0.343 e. The van der Waals surface area contributed by atoms with E-state index < -0.39 is 11.6 Å². The van der Waals surface area contributed by atoms with Crippen molar-refractivity contribution in [1.29, 1.82) is 0 Å². The number of ether oxygens (including phenoxy) is 2. The molecule has 0 bridgehead atoms. The number of halogens is 1. The molecule has 6 rings (SSSR count). The van der Waals surface area contributed by atoms with E-state index in [9.17, 15) is 14.0 Å². The van der Waals surface area contributed by atoms with Gasteiger partial charge in [-0.1, -0.05) is 13.8 Å². The van der Waals surface area contributed by atoms with Gasteiger partial charge >= 0.3 is 5.97 Å². The van der Waals surface area contributed by atoms with Gasteiger partial charge < -0.3 is 19.4 Å². The molecule has 0 fully saturated rings. The molecular weight excluding hydrogens is 473 g/mol. The van der Waals surface area contributed by atoms with Crippen LogP contribution in [0.5, 0.6) is 0 Å². The minimum atomic E-state index is -1.35. The number of cyclic esters (lactones) is 1. The normalized spacial score (nSPS) is 21.7. The van der Waals surface area contributed by atoms with Gasteiger partial charge in [-0.15, -0.1) is 0 Å². The van der Waals surface area contributed by atoms with Gasteiger partial charge in [-0.25, -0.2) is 14.2 Å². The summed E-state index contributed by atoms with van der Waals surface area (Å²) >= 11 is 0. The molecule has 37 heavy (non-hydrogen) atoms. The lowest BCUT2D eigenvalue weighted by atomic mass is 9.81. The number of pyridine rings is 2. The molecule has 194 valence electrons. The molecule has 7 nitrogen and oxygen atoms in total. The summed E-state index contributed by atoms with van der Waals surface area (Å²) in [6, 6.07) is 3.49. The van der Waals surface area contributed by atoms with Crippen LogP contribution in [-0.2, 0) is 39.4 Å². The van der Waals surface area contributed by atoms with Crippen molar-refractivity contribution in [3.63, 3.8) is 0 Å². The van der Waals surface area contributed by atoms with Crippen LogP contribution in [0.15, 0.2) is 16.9 Å². The number of aryl methyl sites for hydroxylation is 1. The first kappa shape index (κ1) is 24.2. The maximum atomic E-state index is 15.0. The average molecular weight is 506 g/mol. The van der Waals surface area contributed by atoms with Crippen molar-refractivity contribution in [2.24, 2.45) is 0 Å². The van der Waals surface area contributed by atoms with Gasteiger partial charge in [-0.05, 0) is 69.3 Å². The molecule has 0 unspecified atom stereocenters. The lowest BCUT2D eigenvalue weighted by Gasteiger charge is -2.37. The highest BCUT2D eigenvalue weighted by Gasteiger charge is 2.49. The summed E-state index contributed by atoms with van der Waals surface area (Å²) in [5, 5.41) is 4.61. The Kier molecular flexibility index (Phi) is 5.55. The Hall–Kier alpha value is -3.10. The van der Waals surface area contributed by atoms with Crippen LogP contribution < -0.4 is 10.9 Å². The Labute approximate surface area is 215 Å². The number of aromatic nitrogens is 2. The molecule has 3 aliphatic rings. The number of esters is 1. The second-order valence-corrected chi connectivity index (χ2v) is 10.6. The van der Waals surface area contributed by atoms with Gasteiger partial charge in [0.2, 0.25) is 0 Å². The first-order chi connectivity index (χ1) is 17.7. The third-order valence-electron chi connectivity index (χ3n) is 8.23. The third-order valence-corrected chi connectivity index (χ3v) is 8.23. The van der Waals surface area contributed by atoms with Gasteiger partial charge in [0.1, 0.15) is 12.4 Å². The molecule has 1 aliphatic carbocycles. The Balaban J connectivity index is 1.66. The summed E-state index contributed by atoms with van der Waals surface area (Å²) in [5.41, 5.74) is 5.15. The number of fused-ring (bicyclic) bond motifs is 5. The molecular formula is C29H32FN3O4. The molecule has 2 aliphatic heterocycles. The number of rotatable bonds is 5. The van der Waals surface area contributed by atoms with Crippen LogP contribution in [0.2, 0.25) is 0 Å². The molecule has 2 atom stereocenters.